The zero-order valence-electron chi connectivity index (χ0n) is 16.1. The van der Waals surface area contributed by atoms with E-state index in [1.54, 1.807) is 44.6 Å². The number of ether oxygens (including phenoxy) is 3. The predicted molar refractivity (Wildman–Crippen MR) is 102 cm³/mol. The molecule has 7 heteroatoms. The number of carboxylic acid groups (broad SMARTS) is 1. The maximum atomic E-state index is 14.5. The molecule has 1 aliphatic rings. The fourth-order valence-corrected chi connectivity index (χ4v) is 3.89. The summed E-state index contributed by atoms with van der Waals surface area (Å²) in [5.41, 5.74) is 1.28. The number of nitrogens with zero attached hydrogens (tertiary/aromatic N) is 1. The molecule has 3 rings (SSSR count). The van der Waals surface area contributed by atoms with Crippen molar-refractivity contribution in [3.8, 4) is 17.2 Å². The van der Waals surface area contributed by atoms with Gasteiger partial charge in [-0.3, -0.25) is 9.69 Å². The molecule has 150 valence electrons. The van der Waals surface area contributed by atoms with E-state index in [-0.39, 0.29) is 5.75 Å². The number of rotatable bonds is 7. The first-order valence-corrected chi connectivity index (χ1v) is 9.04. The van der Waals surface area contributed by atoms with Gasteiger partial charge >= 0.3 is 5.97 Å². The maximum Gasteiger partial charge on any atom is 0.320 e. The third-order valence-electron chi connectivity index (χ3n) is 5.14. The van der Waals surface area contributed by atoms with E-state index < -0.39 is 23.9 Å². The van der Waals surface area contributed by atoms with Gasteiger partial charge in [-0.1, -0.05) is 12.1 Å². The Morgan fingerprint density at radius 2 is 1.75 bits per heavy atom. The summed E-state index contributed by atoms with van der Waals surface area (Å²) in [6, 6.07) is 8.83. The first-order chi connectivity index (χ1) is 13.5. The van der Waals surface area contributed by atoms with Crippen molar-refractivity contribution in [3.63, 3.8) is 0 Å². The van der Waals surface area contributed by atoms with Crippen molar-refractivity contribution in [3.05, 3.63) is 53.3 Å². The molecule has 2 atom stereocenters. The summed E-state index contributed by atoms with van der Waals surface area (Å²) in [7, 11) is 4.49. The van der Waals surface area contributed by atoms with Crippen molar-refractivity contribution in [2.45, 2.75) is 24.9 Å². The molecule has 0 aliphatic carbocycles. The van der Waals surface area contributed by atoms with Crippen LogP contribution in [0.3, 0.4) is 0 Å². The molecule has 2 aromatic carbocycles. The third kappa shape index (κ3) is 3.62. The monoisotopic (exact) mass is 389 g/mol. The number of aliphatic carboxylic acids is 1. The van der Waals surface area contributed by atoms with Crippen molar-refractivity contribution in [1.29, 1.82) is 0 Å². The van der Waals surface area contributed by atoms with Crippen LogP contribution in [0, 0.1) is 5.82 Å². The number of likely N-dealkylation sites (tertiary alicyclic amines) is 1. The van der Waals surface area contributed by atoms with E-state index in [9.17, 15) is 14.3 Å². The van der Waals surface area contributed by atoms with E-state index in [1.807, 2.05) is 4.90 Å². The van der Waals surface area contributed by atoms with Gasteiger partial charge in [0.1, 0.15) is 17.5 Å². The highest BCUT2D eigenvalue weighted by Crippen LogP contribution is 2.44. The molecule has 0 bridgehead atoms. The summed E-state index contributed by atoms with van der Waals surface area (Å²) >= 11 is 0. The van der Waals surface area contributed by atoms with Gasteiger partial charge in [0.15, 0.2) is 11.6 Å². The van der Waals surface area contributed by atoms with Gasteiger partial charge in [-0.05, 0) is 42.7 Å². The van der Waals surface area contributed by atoms with E-state index in [0.29, 0.717) is 35.6 Å². The lowest BCUT2D eigenvalue weighted by Crippen LogP contribution is -2.39. The van der Waals surface area contributed by atoms with Gasteiger partial charge in [0.25, 0.3) is 0 Å². The number of hydrogen-bond acceptors (Lipinski definition) is 5. The zero-order chi connectivity index (χ0) is 20.3. The van der Waals surface area contributed by atoms with E-state index in [2.05, 4.69) is 0 Å². The number of benzene rings is 2. The van der Waals surface area contributed by atoms with Crippen LogP contribution in [0.5, 0.6) is 17.2 Å². The Morgan fingerprint density at radius 3 is 2.29 bits per heavy atom. The highest BCUT2D eigenvalue weighted by atomic mass is 19.1. The van der Waals surface area contributed by atoms with Gasteiger partial charge < -0.3 is 19.3 Å². The molecule has 1 saturated heterocycles. The summed E-state index contributed by atoms with van der Waals surface area (Å²) < 4.78 is 30.6. The smallest absolute Gasteiger partial charge is 0.320 e. The topological polar surface area (TPSA) is 68.2 Å². The van der Waals surface area contributed by atoms with Crippen LogP contribution in [0.2, 0.25) is 0 Å². The van der Waals surface area contributed by atoms with Crippen LogP contribution >= 0.6 is 0 Å². The Morgan fingerprint density at radius 1 is 1.11 bits per heavy atom. The first-order valence-electron chi connectivity index (χ1n) is 9.04. The molecule has 2 unspecified atom stereocenters. The summed E-state index contributed by atoms with van der Waals surface area (Å²) in [5, 5.41) is 9.72. The second kappa shape index (κ2) is 8.48. The molecule has 1 fully saturated rings. The molecule has 0 saturated carbocycles. The highest BCUT2D eigenvalue weighted by molar-refractivity contribution is 5.74. The van der Waals surface area contributed by atoms with Crippen molar-refractivity contribution >= 4 is 5.97 Å². The van der Waals surface area contributed by atoms with Crippen molar-refractivity contribution < 1.29 is 28.5 Å². The fourth-order valence-electron chi connectivity index (χ4n) is 3.89. The molecule has 0 radical (unpaired) electrons. The number of halogens is 1. The maximum absolute atomic E-state index is 14.5. The standard InChI is InChI=1S/C21H24FNO5/c1-26-16-10-9-13(12-14(16)22)20(23-11-5-6-15(23)21(24)25)19-17(27-2)7-4-8-18(19)28-3/h4,7-10,12,15,20H,5-6,11H2,1-3H3,(H,24,25). The normalized spacial score (nSPS) is 17.9. The lowest BCUT2D eigenvalue weighted by atomic mass is 9.94. The van der Waals surface area contributed by atoms with Crippen LogP contribution in [0.15, 0.2) is 36.4 Å². The van der Waals surface area contributed by atoms with Crippen LogP contribution in [-0.4, -0.2) is 49.9 Å². The lowest BCUT2D eigenvalue weighted by molar-refractivity contribution is -0.142. The molecule has 1 N–H and O–H groups in total. The minimum absolute atomic E-state index is 0.130. The van der Waals surface area contributed by atoms with E-state index in [1.165, 1.54) is 13.2 Å². The first kappa shape index (κ1) is 19.9. The summed E-state index contributed by atoms with van der Waals surface area (Å²) in [5.74, 6) is -0.172. The average Bonchev–Trinajstić information content (AvgIpc) is 3.18. The Kier molecular flexibility index (Phi) is 6.04. The molecule has 2 aromatic rings. The van der Waals surface area contributed by atoms with Gasteiger partial charge in [0, 0.05) is 6.54 Å². The summed E-state index contributed by atoms with van der Waals surface area (Å²) in [6.45, 7) is 0.566. The molecular formula is C21H24FNO5. The Bertz CT molecular complexity index is 834. The van der Waals surface area contributed by atoms with Crippen LogP contribution in [0.25, 0.3) is 0 Å². The van der Waals surface area contributed by atoms with Crippen LogP contribution < -0.4 is 14.2 Å². The van der Waals surface area contributed by atoms with Crippen LogP contribution in [0.4, 0.5) is 4.39 Å². The minimum Gasteiger partial charge on any atom is -0.496 e. The number of carbonyl (C=O) groups is 1. The van der Waals surface area contributed by atoms with E-state index >= 15 is 0 Å². The van der Waals surface area contributed by atoms with Gasteiger partial charge in [-0.2, -0.15) is 0 Å². The second-order valence-electron chi connectivity index (χ2n) is 6.61. The lowest BCUT2D eigenvalue weighted by Gasteiger charge is -2.33. The molecule has 0 amide bonds. The average molecular weight is 389 g/mol. The van der Waals surface area contributed by atoms with Crippen molar-refractivity contribution in [2.75, 3.05) is 27.9 Å². The van der Waals surface area contributed by atoms with Crippen molar-refractivity contribution in [1.82, 2.24) is 4.90 Å². The molecular weight excluding hydrogens is 365 g/mol. The second-order valence-corrected chi connectivity index (χ2v) is 6.61. The Labute approximate surface area is 163 Å². The molecule has 1 aliphatic heterocycles. The van der Waals surface area contributed by atoms with Gasteiger partial charge in [-0.25, -0.2) is 4.39 Å². The third-order valence-corrected chi connectivity index (χ3v) is 5.14. The fraction of sp³-hybridized carbons (Fsp3) is 0.381. The Hall–Kier alpha value is -2.80. The van der Waals surface area contributed by atoms with Gasteiger partial charge in [0.05, 0.1) is 32.9 Å². The SMILES string of the molecule is COc1ccc(C(c2c(OC)cccc2OC)N2CCCC2C(=O)O)cc1F. The number of carboxylic acids is 1. The van der Waals surface area contributed by atoms with Gasteiger partial charge in [0.2, 0.25) is 0 Å². The molecule has 6 nitrogen and oxygen atoms in total. The number of methoxy groups -OCH3 is 3. The summed E-state index contributed by atoms with van der Waals surface area (Å²) in [6.07, 6.45) is 1.27. The Balaban J connectivity index is 2.21. The largest absolute Gasteiger partial charge is 0.496 e. The molecule has 0 aromatic heterocycles. The summed E-state index contributed by atoms with van der Waals surface area (Å²) in [4.78, 5) is 13.7. The molecule has 1 heterocycles. The molecule has 28 heavy (non-hydrogen) atoms. The van der Waals surface area contributed by atoms with Gasteiger partial charge in [-0.15, -0.1) is 0 Å². The quantitative estimate of drug-likeness (QED) is 0.782. The van der Waals surface area contributed by atoms with Crippen molar-refractivity contribution in [2.24, 2.45) is 0 Å². The zero-order valence-corrected chi connectivity index (χ0v) is 16.1. The van der Waals surface area contributed by atoms with Crippen LogP contribution in [0.1, 0.15) is 30.0 Å². The van der Waals surface area contributed by atoms with E-state index in [4.69, 9.17) is 14.2 Å². The number of hydrogen-bond donors (Lipinski definition) is 1. The van der Waals surface area contributed by atoms with Crippen LogP contribution in [-0.2, 0) is 4.79 Å². The highest BCUT2D eigenvalue weighted by Gasteiger charge is 2.39. The van der Waals surface area contributed by atoms with E-state index in [0.717, 1.165) is 6.42 Å². The predicted octanol–water partition coefficient (Wildman–Crippen LogP) is 3.49. The minimum atomic E-state index is -0.898. The molecule has 0 spiro atoms.